The number of nitrogens with zero attached hydrogens (tertiary/aromatic N) is 3. The van der Waals surface area contributed by atoms with E-state index in [4.69, 9.17) is 14.2 Å². The highest BCUT2D eigenvalue weighted by Gasteiger charge is 2.44. The predicted molar refractivity (Wildman–Crippen MR) is 143 cm³/mol. The van der Waals surface area contributed by atoms with Crippen LogP contribution in [-0.2, 0) is 9.53 Å². The summed E-state index contributed by atoms with van der Waals surface area (Å²) in [7, 11) is 1.66. The topological polar surface area (TPSA) is 84.4 Å². The number of hydrogen-bond donors (Lipinski definition) is 1. The number of rotatable bonds is 10. The molecule has 0 radical (unpaired) electrons. The molecule has 1 aromatic heterocycles. The summed E-state index contributed by atoms with van der Waals surface area (Å²) in [5.41, 5.74) is 2.29. The molecule has 0 saturated carbocycles. The lowest BCUT2D eigenvalue weighted by atomic mass is 9.74. The Balaban J connectivity index is 1.44. The van der Waals surface area contributed by atoms with Crippen LogP contribution in [0, 0.1) is 12.3 Å². The summed E-state index contributed by atoms with van der Waals surface area (Å²) in [5.74, 6) is 1.42. The van der Waals surface area contributed by atoms with Gasteiger partial charge in [0.1, 0.15) is 11.9 Å². The molecule has 1 N–H and O–H groups in total. The molecule has 1 aromatic carbocycles. The van der Waals surface area contributed by atoms with Crippen LogP contribution in [0.3, 0.4) is 0 Å². The number of carbonyl (C=O) groups excluding carboxylic acids is 1. The fourth-order valence-corrected chi connectivity index (χ4v) is 5.23. The number of hydrogen-bond acceptors (Lipinski definition) is 7. The van der Waals surface area contributed by atoms with Crippen molar-refractivity contribution in [3.63, 3.8) is 0 Å². The number of pyridine rings is 1. The van der Waals surface area contributed by atoms with Crippen LogP contribution in [-0.4, -0.2) is 72.7 Å². The quantitative estimate of drug-likeness (QED) is 0.480. The number of methoxy groups -OCH3 is 1. The van der Waals surface area contributed by atoms with E-state index in [0.29, 0.717) is 18.8 Å². The summed E-state index contributed by atoms with van der Waals surface area (Å²) in [5, 5.41) is 9.77. The molecule has 0 bridgehead atoms. The van der Waals surface area contributed by atoms with E-state index in [9.17, 15) is 9.90 Å². The van der Waals surface area contributed by atoms with Gasteiger partial charge in [-0.15, -0.1) is 0 Å². The lowest BCUT2D eigenvalue weighted by molar-refractivity contribution is -0.178. The first kappa shape index (κ1) is 27.2. The third-order valence-electron chi connectivity index (χ3n) is 7.68. The SMILES string of the molecule is CCC1(C)CN(C(=O)CCOC(C)(C)O)CC1c1ccc(OC)c(OC2CN(c3cc(C)ccn3)C2)c1. The third kappa shape index (κ3) is 6.36. The summed E-state index contributed by atoms with van der Waals surface area (Å²) in [6, 6.07) is 10.3. The maximum Gasteiger partial charge on any atom is 0.224 e. The van der Waals surface area contributed by atoms with E-state index in [-0.39, 0.29) is 36.4 Å². The molecule has 2 aliphatic heterocycles. The fraction of sp³-hybridized carbons (Fsp3) is 0.586. The van der Waals surface area contributed by atoms with Gasteiger partial charge in [-0.25, -0.2) is 4.98 Å². The highest BCUT2D eigenvalue weighted by Crippen LogP contribution is 2.47. The molecule has 2 aliphatic rings. The Morgan fingerprint density at radius 1 is 1.19 bits per heavy atom. The van der Waals surface area contributed by atoms with Gasteiger partial charge in [-0.05, 0) is 68.0 Å². The average Bonchev–Trinajstić information content (AvgIpc) is 3.18. The van der Waals surface area contributed by atoms with E-state index in [1.165, 1.54) is 5.56 Å². The highest BCUT2D eigenvalue weighted by atomic mass is 16.6. The maximum atomic E-state index is 12.9. The number of anilines is 1. The Morgan fingerprint density at radius 2 is 1.95 bits per heavy atom. The van der Waals surface area contributed by atoms with Crippen LogP contribution in [0.5, 0.6) is 11.5 Å². The van der Waals surface area contributed by atoms with Gasteiger partial charge in [0, 0.05) is 25.2 Å². The van der Waals surface area contributed by atoms with Gasteiger partial charge in [-0.3, -0.25) is 4.79 Å². The van der Waals surface area contributed by atoms with Crippen molar-refractivity contribution in [2.45, 2.75) is 65.3 Å². The molecule has 2 unspecified atom stereocenters. The number of likely N-dealkylation sites (tertiary alicyclic amines) is 1. The Labute approximate surface area is 220 Å². The highest BCUT2D eigenvalue weighted by molar-refractivity contribution is 5.77. The van der Waals surface area contributed by atoms with E-state index in [2.05, 4.69) is 48.9 Å². The normalized spacial score (nSPS) is 22.2. The van der Waals surface area contributed by atoms with Crippen molar-refractivity contribution in [2.24, 2.45) is 5.41 Å². The van der Waals surface area contributed by atoms with Gasteiger partial charge in [0.25, 0.3) is 0 Å². The number of aromatic nitrogens is 1. The summed E-state index contributed by atoms with van der Waals surface area (Å²) in [6.45, 7) is 12.7. The molecule has 2 fully saturated rings. The van der Waals surface area contributed by atoms with Crippen molar-refractivity contribution in [3.8, 4) is 11.5 Å². The molecule has 3 heterocycles. The Morgan fingerprint density at radius 3 is 2.59 bits per heavy atom. The molecule has 0 aliphatic carbocycles. The van der Waals surface area contributed by atoms with Gasteiger partial charge in [0.15, 0.2) is 17.3 Å². The van der Waals surface area contributed by atoms with Crippen LogP contribution in [0.25, 0.3) is 0 Å². The average molecular weight is 512 g/mol. The first-order valence-electron chi connectivity index (χ1n) is 13.2. The molecule has 1 amide bonds. The van der Waals surface area contributed by atoms with Gasteiger partial charge < -0.3 is 29.1 Å². The second kappa shape index (κ2) is 10.9. The van der Waals surface area contributed by atoms with Crippen LogP contribution in [0.4, 0.5) is 5.82 Å². The monoisotopic (exact) mass is 511 g/mol. The molecule has 37 heavy (non-hydrogen) atoms. The standard InChI is InChI=1S/C29H41N3O5/c1-7-29(5)19-32(27(33)11-13-36-28(3,4)34)18-23(29)21-8-9-24(35-6)25(15-21)37-22-16-31(17-22)26-14-20(2)10-12-30-26/h8-10,12,14-15,22-23,34H,7,11,13,16-19H2,1-6H3. The first-order chi connectivity index (χ1) is 17.5. The van der Waals surface area contributed by atoms with Gasteiger partial charge in [0.2, 0.25) is 5.91 Å². The van der Waals surface area contributed by atoms with Crippen LogP contribution in [0.1, 0.15) is 57.6 Å². The van der Waals surface area contributed by atoms with Gasteiger partial charge in [-0.1, -0.05) is 19.9 Å². The minimum atomic E-state index is -1.24. The Hall–Kier alpha value is -2.84. The summed E-state index contributed by atoms with van der Waals surface area (Å²) >= 11 is 0. The summed E-state index contributed by atoms with van der Waals surface area (Å²) in [4.78, 5) is 21.6. The Kier molecular flexibility index (Phi) is 7.99. The molecular weight excluding hydrogens is 470 g/mol. The molecule has 0 spiro atoms. The van der Waals surface area contributed by atoms with E-state index < -0.39 is 5.79 Å². The molecule has 2 aromatic rings. The van der Waals surface area contributed by atoms with Gasteiger partial charge >= 0.3 is 0 Å². The number of aliphatic hydroxyl groups is 1. The molecule has 202 valence electrons. The number of carbonyl (C=O) groups is 1. The third-order valence-corrected chi connectivity index (χ3v) is 7.68. The zero-order valence-electron chi connectivity index (χ0n) is 23.0. The van der Waals surface area contributed by atoms with Crippen molar-refractivity contribution in [1.82, 2.24) is 9.88 Å². The zero-order valence-corrected chi connectivity index (χ0v) is 23.0. The molecule has 8 nitrogen and oxygen atoms in total. The van der Waals surface area contributed by atoms with Crippen molar-refractivity contribution in [2.75, 3.05) is 44.8 Å². The van der Waals surface area contributed by atoms with Crippen molar-refractivity contribution >= 4 is 11.7 Å². The van der Waals surface area contributed by atoms with E-state index in [1.54, 1.807) is 21.0 Å². The molecule has 2 saturated heterocycles. The molecular formula is C29H41N3O5. The number of amides is 1. The Bertz CT molecular complexity index is 1100. The lowest BCUT2D eigenvalue weighted by Crippen LogP contribution is -2.54. The minimum Gasteiger partial charge on any atom is -0.493 e. The van der Waals surface area contributed by atoms with Gasteiger partial charge in [0.05, 0.1) is 33.2 Å². The summed E-state index contributed by atoms with van der Waals surface area (Å²) in [6.07, 6.45) is 3.10. The lowest BCUT2D eigenvalue weighted by Gasteiger charge is -2.40. The smallest absolute Gasteiger partial charge is 0.224 e. The number of ether oxygens (including phenoxy) is 3. The second-order valence-electron chi connectivity index (χ2n) is 11.1. The largest absolute Gasteiger partial charge is 0.493 e. The number of aryl methyl sites for hydroxylation is 1. The van der Waals surface area contributed by atoms with Crippen LogP contribution in [0.2, 0.25) is 0 Å². The van der Waals surface area contributed by atoms with E-state index >= 15 is 0 Å². The first-order valence-corrected chi connectivity index (χ1v) is 13.2. The van der Waals surface area contributed by atoms with E-state index in [0.717, 1.165) is 36.6 Å². The van der Waals surface area contributed by atoms with Crippen LogP contribution in [0.15, 0.2) is 36.5 Å². The van der Waals surface area contributed by atoms with Crippen LogP contribution < -0.4 is 14.4 Å². The maximum absolute atomic E-state index is 12.9. The minimum absolute atomic E-state index is 0.0516. The zero-order chi connectivity index (χ0) is 26.8. The summed E-state index contributed by atoms with van der Waals surface area (Å²) < 4.78 is 17.4. The number of benzene rings is 1. The van der Waals surface area contributed by atoms with Crippen molar-refractivity contribution in [1.29, 1.82) is 0 Å². The van der Waals surface area contributed by atoms with Crippen LogP contribution >= 0.6 is 0 Å². The molecule has 8 heteroatoms. The molecule has 4 rings (SSSR count). The van der Waals surface area contributed by atoms with Crippen molar-refractivity contribution in [3.05, 3.63) is 47.7 Å². The fourth-order valence-electron chi connectivity index (χ4n) is 5.23. The van der Waals surface area contributed by atoms with Crippen molar-refractivity contribution < 1.29 is 24.1 Å². The predicted octanol–water partition coefficient (Wildman–Crippen LogP) is 4.14. The molecule has 2 atom stereocenters. The van der Waals surface area contributed by atoms with E-state index in [1.807, 2.05) is 23.2 Å². The van der Waals surface area contributed by atoms with Gasteiger partial charge in [-0.2, -0.15) is 0 Å². The second-order valence-corrected chi connectivity index (χ2v) is 11.1.